The van der Waals surface area contributed by atoms with Crippen molar-refractivity contribution in [2.24, 2.45) is 0 Å². The summed E-state index contributed by atoms with van der Waals surface area (Å²) in [6.45, 7) is 23.3. The van der Waals surface area contributed by atoms with Gasteiger partial charge in [-0.1, -0.05) is 178 Å². The van der Waals surface area contributed by atoms with Gasteiger partial charge in [-0.2, -0.15) is 5.26 Å². The van der Waals surface area contributed by atoms with Gasteiger partial charge in [0.25, 0.3) is 0 Å². The maximum Gasteiger partial charge on any atom is 0.146 e. The predicted molar refractivity (Wildman–Crippen MR) is 357 cm³/mol. The molecule has 0 aliphatic carbocycles. The Kier molecular flexibility index (Phi) is 13.7. The normalized spacial score (nSPS) is 12.6. The fourth-order valence-electron chi connectivity index (χ4n) is 12.9. The second-order valence-electron chi connectivity index (χ2n) is 25.9. The van der Waals surface area contributed by atoms with E-state index >= 15 is 4.39 Å². The molecule has 8 heteroatoms. The summed E-state index contributed by atoms with van der Waals surface area (Å²) in [7, 11) is 6.33. The van der Waals surface area contributed by atoms with Gasteiger partial charge in [0.15, 0.2) is 0 Å². The summed E-state index contributed by atoms with van der Waals surface area (Å²) >= 11 is 5.60. The quantitative estimate of drug-likeness (QED) is 0.122. The van der Waals surface area contributed by atoms with E-state index in [0.29, 0.717) is 11.3 Å². The molecule has 12 aromatic rings. The molecule has 0 saturated carbocycles. The van der Waals surface area contributed by atoms with Crippen LogP contribution in [-0.4, -0.2) is 21.1 Å². The first-order chi connectivity index (χ1) is 39.0. The van der Waals surface area contributed by atoms with E-state index in [4.69, 9.17) is 0 Å². The molecule has 3 heterocycles. The molecule has 412 valence electrons. The molecule has 0 fully saturated rings. The molecule has 0 N–H and O–H groups in total. The van der Waals surface area contributed by atoms with Crippen LogP contribution in [0, 0.1) is 17.1 Å². The fourth-order valence-corrected chi connectivity index (χ4v) is 17.5. The third kappa shape index (κ3) is 9.49. The molecule has 0 spiro atoms. The number of thiophene rings is 3. The summed E-state index contributed by atoms with van der Waals surface area (Å²) in [5.74, 6) is -0.249. The number of anilines is 6. The van der Waals surface area contributed by atoms with Crippen molar-refractivity contribution < 1.29 is 4.39 Å². The lowest BCUT2D eigenvalue weighted by Crippen LogP contribution is -2.21. The minimum atomic E-state index is -0.313. The number of para-hydroxylation sites is 3. The van der Waals surface area contributed by atoms with Gasteiger partial charge in [0.05, 0.1) is 48.1 Å². The van der Waals surface area contributed by atoms with E-state index in [0.717, 1.165) is 34.6 Å². The average molecular weight is 1130 g/mol. The van der Waals surface area contributed by atoms with Crippen LogP contribution in [0.2, 0.25) is 0 Å². The van der Waals surface area contributed by atoms with Crippen LogP contribution < -0.4 is 14.7 Å². The second-order valence-corrected chi connectivity index (χ2v) is 28.9. The molecule has 0 aliphatic rings. The standard InChI is InChI=1S/C74H71FN4S3/c1-71(2,3)54-29-15-18-35-60(54)78(12)62-37-23-28-49-48-25-21-31-56(66(48)81-68(49)62)73(7,8)43-46-39-53-51-27-22-32-57(67(51)82-70(53)64(41-46)79(13)61-36-19-16-33-58(61)75)74(9,10)42-45-38-52-50-26-20-30-55(72(4,5)6)65(50)80-69(52)63(40-45)77(11)59-34-17-14-24-47(59)44-76/h14-41H,42-43H2,1-13H3. The van der Waals surface area contributed by atoms with Crippen molar-refractivity contribution in [3.63, 3.8) is 0 Å². The van der Waals surface area contributed by atoms with Crippen molar-refractivity contribution in [3.05, 3.63) is 215 Å². The first kappa shape index (κ1) is 55.0. The molecular formula is C74H71FN4S3. The van der Waals surface area contributed by atoms with Gasteiger partial charge in [0, 0.05) is 73.2 Å². The Morgan fingerprint density at radius 3 is 1.24 bits per heavy atom. The average Bonchev–Trinajstić information content (AvgIpc) is 2.20. The molecule has 0 saturated heterocycles. The van der Waals surface area contributed by atoms with E-state index < -0.39 is 0 Å². The third-order valence-corrected chi connectivity index (χ3v) is 20.9. The maximum atomic E-state index is 16.0. The smallest absolute Gasteiger partial charge is 0.146 e. The molecule has 9 aromatic carbocycles. The molecule has 12 rings (SSSR count). The van der Waals surface area contributed by atoms with Crippen LogP contribution in [-0.2, 0) is 34.5 Å². The highest BCUT2D eigenvalue weighted by atomic mass is 32.1. The van der Waals surface area contributed by atoms with E-state index in [-0.39, 0.29) is 27.5 Å². The van der Waals surface area contributed by atoms with Gasteiger partial charge in [-0.05, 0) is 129 Å². The van der Waals surface area contributed by atoms with E-state index in [9.17, 15) is 5.26 Å². The molecular weight excluding hydrogens is 1060 g/mol. The van der Waals surface area contributed by atoms with Gasteiger partial charge < -0.3 is 14.7 Å². The topological polar surface area (TPSA) is 33.5 Å². The van der Waals surface area contributed by atoms with E-state index in [1.165, 1.54) is 101 Å². The van der Waals surface area contributed by atoms with Crippen LogP contribution in [0.4, 0.5) is 38.5 Å². The Bertz CT molecular complexity index is 4530. The van der Waals surface area contributed by atoms with Crippen LogP contribution in [0.1, 0.15) is 108 Å². The Balaban J connectivity index is 0.973. The van der Waals surface area contributed by atoms with Crippen LogP contribution in [0.25, 0.3) is 60.5 Å². The zero-order valence-corrected chi connectivity index (χ0v) is 51.9. The molecule has 0 bridgehead atoms. The Labute approximate surface area is 495 Å². The number of nitrogens with zero attached hydrogens (tertiary/aromatic N) is 4. The summed E-state index contributed by atoms with van der Waals surface area (Å²) in [4.78, 5) is 6.66. The summed E-state index contributed by atoms with van der Waals surface area (Å²) < 4.78 is 23.6. The Morgan fingerprint density at radius 2 is 0.732 bits per heavy atom. The molecule has 0 atom stereocenters. The zero-order chi connectivity index (χ0) is 57.8. The zero-order valence-electron chi connectivity index (χ0n) is 49.5. The third-order valence-electron chi connectivity index (χ3n) is 17.1. The molecule has 0 unspecified atom stereocenters. The summed E-state index contributed by atoms with van der Waals surface area (Å²) in [6.07, 6.45) is 1.55. The van der Waals surface area contributed by atoms with Gasteiger partial charge in [-0.25, -0.2) is 4.39 Å². The lowest BCUT2D eigenvalue weighted by molar-refractivity contribution is 0.528. The lowest BCUT2D eigenvalue weighted by atomic mass is 9.78. The summed E-state index contributed by atoms with van der Waals surface area (Å²) in [5.41, 5.74) is 13.7. The largest absolute Gasteiger partial charge is 0.343 e. The maximum absolute atomic E-state index is 16.0. The monoisotopic (exact) mass is 1130 g/mol. The van der Waals surface area contributed by atoms with Crippen LogP contribution in [0.5, 0.6) is 0 Å². The van der Waals surface area contributed by atoms with E-state index in [1.807, 2.05) is 71.4 Å². The highest BCUT2D eigenvalue weighted by Crippen LogP contribution is 2.51. The second kappa shape index (κ2) is 20.4. The summed E-state index contributed by atoms with van der Waals surface area (Å²) in [6, 6.07) is 63.1. The van der Waals surface area contributed by atoms with Crippen molar-refractivity contribution >= 4 is 129 Å². The number of hydrogen-bond acceptors (Lipinski definition) is 7. The molecule has 0 aliphatic heterocycles. The molecule has 0 amide bonds. The minimum Gasteiger partial charge on any atom is -0.343 e. The van der Waals surface area contributed by atoms with Crippen LogP contribution in [0.15, 0.2) is 170 Å². The van der Waals surface area contributed by atoms with Crippen molar-refractivity contribution in [1.29, 1.82) is 5.26 Å². The van der Waals surface area contributed by atoms with Gasteiger partial charge in [-0.3, -0.25) is 0 Å². The number of nitriles is 1. The first-order valence-corrected chi connectivity index (χ1v) is 31.0. The minimum absolute atomic E-state index is 0.0113. The molecule has 3 aromatic heterocycles. The first-order valence-electron chi connectivity index (χ1n) is 28.5. The van der Waals surface area contributed by atoms with Crippen molar-refractivity contribution in [2.45, 2.75) is 104 Å². The molecule has 4 nitrogen and oxygen atoms in total. The number of benzene rings is 9. The summed E-state index contributed by atoms with van der Waals surface area (Å²) in [5, 5.41) is 17.8. The Hall–Kier alpha value is -7.54. The van der Waals surface area contributed by atoms with Crippen LogP contribution >= 0.6 is 34.0 Å². The van der Waals surface area contributed by atoms with Gasteiger partial charge in [0.1, 0.15) is 11.9 Å². The van der Waals surface area contributed by atoms with Crippen LogP contribution in [0.3, 0.4) is 0 Å². The highest BCUT2D eigenvalue weighted by molar-refractivity contribution is 7.27. The van der Waals surface area contributed by atoms with Crippen molar-refractivity contribution in [1.82, 2.24) is 0 Å². The number of rotatable bonds is 12. The van der Waals surface area contributed by atoms with Crippen molar-refractivity contribution in [2.75, 3.05) is 35.8 Å². The number of halogens is 1. The SMILES string of the molecule is CN(c1ccccc1C#N)c1cc(CC(C)(C)c2cccc3c2sc2c(N(C)c4ccccc4F)cc(CC(C)(C)c4cccc5c4sc4c(N(C)c6ccccc6C(C)(C)C)cccc45)cc23)cc2c1sc1c(C(C)(C)C)cccc12. The Morgan fingerprint density at radius 1 is 0.366 bits per heavy atom. The molecule has 82 heavy (non-hydrogen) atoms. The van der Waals surface area contributed by atoms with E-state index in [1.54, 1.807) is 12.1 Å². The fraction of sp³-hybridized carbons (Fsp3) is 0.257. The van der Waals surface area contributed by atoms with Gasteiger partial charge in [-0.15, -0.1) is 34.0 Å². The van der Waals surface area contributed by atoms with Gasteiger partial charge >= 0.3 is 0 Å². The predicted octanol–water partition coefficient (Wildman–Crippen LogP) is 21.7. The molecule has 0 radical (unpaired) electrons. The van der Waals surface area contributed by atoms with E-state index in [2.05, 4.69) is 231 Å². The number of hydrogen-bond donors (Lipinski definition) is 0. The van der Waals surface area contributed by atoms with Crippen molar-refractivity contribution in [3.8, 4) is 6.07 Å². The highest BCUT2D eigenvalue weighted by Gasteiger charge is 2.31. The lowest BCUT2D eigenvalue weighted by Gasteiger charge is -2.29. The number of fused-ring (bicyclic) bond motifs is 9. The van der Waals surface area contributed by atoms with Gasteiger partial charge in [0.2, 0.25) is 0 Å².